The molecular formula is C14H25N3O2S. The van der Waals surface area contributed by atoms with Crippen LogP contribution in [0.25, 0.3) is 0 Å². The van der Waals surface area contributed by atoms with Gasteiger partial charge in [-0.25, -0.2) is 13.4 Å². The van der Waals surface area contributed by atoms with Crippen LogP contribution in [0.2, 0.25) is 0 Å². The van der Waals surface area contributed by atoms with Crippen molar-refractivity contribution in [3.8, 4) is 0 Å². The van der Waals surface area contributed by atoms with Crippen LogP contribution in [0.5, 0.6) is 0 Å². The quantitative estimate of drug-likeness (QED) is 0.871. The second-order valence-corrected chi connectivity index (χ2v) is 7.75. The van der Waals surface area contributed by atoms with E-state index in [2.05, 4.69) is 21.8 Å². The highest BCUT2D eigenvalue weighted by Crippen LogP contribution is 2.30. The van der Waals surface area contributed by atoms with Gasteiger partial charge in [0.2, 0.25) is 0 Å². The normalized spacial score (nSPS) is 23.6. The molecule has 2 atom stereocenters. The molecule has 2 unspecified atom stereocenters. The summed E-state index contributed by atoms with van der Waals surface area (Å²) in [6.07, 6.45) is 7.24. The topological polar surface area (TPSA) is 64.0 Å². The molecule has 0 spiro atoms. The molecule has 1 saturated heterocycles. The number of sulfone groups is 1. The van der Waals surface area contributed by atoms with Crippen molar-refractivity contribution in [3.05, 3.63) is 18.2 Å². The van der Waals surface area contributed by atoms with Gasteiger partial charge in [-0.15, -0.1) is 0 Å². The van der Waals surface area contributed by atoms with E-state index < -0.39 is 9.84 Å². The van der Waals surface area contributed by atoms with Gasteiger partial charge in [-0.1, -0.05) is 20.3 Å². The van der Waals surface area contributed by atoms with Crippen molar-refractivity contribution in [3.63, 3.8) is 0 Å². The zero-order valence-corrected chi connectivity index (χ0v) is 13.2. The third kappa shape index (κ3) is 3.23. The van der Waals surface area contributed by atoms with Crippen molar-refractivity contribution in [1.29, 1.82) is 0 Å². The summed E-state index contributed by atoms with van der Waals surface area (Å²) >= 11 is 0. The molecule has 0 aliphatic carbocycles. The summed E-state index contributed by atoms with van der Waals surface area (Å²) in [7, 11) is -3.02. The Bertz CT molecular complexity index is 524. The number of nitrogens with zero attached hydrogens (tertiary/aromatic N) is 2. The van der Waals surface area contributed by atoms with E-state index in [1.165, 1.54) is 0 Å². The fraction of sp³-hybridized carbons (Fsp3) is 0.786. The van der Waals surface area contributed by atoms with Gasteiger partial charge in [0.25, 0.3) is 0 Å². The van der Waals surface area contributed by atoms with Gasteiger partial charge in [0.1, 0.15) is 5.82 Å². The van der Waals surface area contributed by atoms with E-state index in [1.807, 2.05) is 13.1 Å². The van der Waals surface area contributed by atoms with E-state index in [0.717, 1.165) is 44.6 Å². The molecule has 6 heteroatoms. The summed E-state index contributed by atoms with van der Waals surface area (Å²) in [5.41, 5.74) is 0. The summed E-state index contributed by atoms with van der Waals surface area (Å²) in [5, 5.41) is 3.01. The maximum atomic E-state index is 12.4. The van der Waals surface area contributed by atoms with E-state index in [0.29, 0.717) is 5.75 Å². The standard InChI is InChI=1S/C14H25N3O2S/c1-3-9-17-10-8-16-14(17)13(15-4-2)12-7-5-6-11-20(12,18)19/h8,10,12-13,15H,3-7,9,11H2,1-2H3. The predicted molar refractivity (Wildman–Crippen MR) is 80.4 cm³/mol. The number of rotatable bonds is 6. The highest BCUT2D eigenvalue weighted by molar-refractivity contribution is 7.92. The zero-order valence-electron chi connectivity index (χ0n) is 12.4. The second kappa shape index (κ2) is 6.72. The molecule has 1 aromatic rings. The van der Waals surface area contributed by atoms with Crippen LogP contribution in [0.4, 0.5) is 0 Å². The van der Waals surface area contributed by atoms with Crippen LogP contribution in [-0.2, 0) is 16.4 Å². The third-order valence-electron chi connectivity index (χ3n) is 3.91. The largest absolute Gasteiger partial charge is 0.334 e. The Labute approximate surface area is 121 Å². The molecule has 0 saturated carbocycles. The molecule has 1 N–H and O–H groups in total. The van der Waals surface area contributed by atoms with E-state index in [1.54, 1.807) is 6.20 Å². The van der Waals surface area contributed by atoms with E-state index >= 15 is 0 Å². The van der Waals surface area contributed by atoms with Crippen LogP contribution >= 0.6 is 0 Å². The minimum Gasteiger partial charge on any atom is -0.334 e. The number of aromatic nitrogens is 2. The van der Waals surface area contributed by atoms with Gasteiger partial charge >= 0.3 is 0 Å². The minimum absolute atomic E-state index is 0.188. The van der Waals surface area contributed by atoms with Crippen LogP contribution < -0.4 is 5.32 Å². The highest BCUT2D eigenvalue weighted by Gasteiger charge is 2.37. The fourth-order valence-corrected chi connectivity index (χ4v) is 5.06. The molecule has 114 valence electrons. The van der Waals surface area contributed by atoms with Crippen molar-refractivity contribution >= 4 is 9.84 Å². The molecule has 2 rings (SSSR count). The fourth-order valence-electron chi connectivity index (χ4n) is 2.99. The molecule has 0 aromatic carbocycles. The minimum atomic E-state index is -3.02. The second-order valence-electron chi connectivity index (χ2n) is 5.42. The maximum absolute atomic E-state index is 12.4. The molecule has 1 aliphatic rings. The molecule has 0 amide bonds. The van der Waals surface area contributed by atoms with Gasteiger partial charge in [0.15, 0.2) is 9.84 Å². The van der Waals surface area contributed by atoms with E-state index in [-0.39, 0.29) is 11.3 Å². The first-order chi connectivity index (χ1) is 9.60. The van der Waals surface area contributed by atoms with Crippen molar-refractivity contribution in [2.45, 2.75) is 57.4 Å². The molecule has 5 nitrogen and oxygen atoms in total. The third-order valence-corrected chi connectivity index (χ3v) is 6.20. The van der Waals surface area contributed by atoms with E-state index in [9.17, 15) is 8.42 Å². The Kier molecular flexibility index (Phi) is 5.21. The summed E-state index contributed by atoms with van der Waals surface area (Å²) < 4.78 is 26.9. The van der Waals surface area contributed by atoms with Crippen LogP contribution in [0.3, 0.4) is 0 Å². The smallest absolute Gasteiger partial charge is 0.155 e. The summed E-state index contributed by atoms with van der Waals surface area (Å²) in [5.74, 6) is 1.18. The molecular weight excluding hydrogens is 274 g/mol. The average molecular weight is 299 g/mol. The summed E-state index contributed by atoms with van der Waals surface area (Å²) in [4.78, 5) is 4.43. The van der Waals surface area contributed by atoms with Gasteiger partial charge in [-0.05, 0) is 25.8 Å². The van der Waals surface area contributed by atoms with Crippen LogP contribution in [-0.4, -0.2) is 35.5 Å². The van der Waals surface area contributed by atoms with Crippen molar-refractivity contribution < 1.29 is 8.42 Å². The van der Waals surface area contributed by atoms with Gasteiger partial charge in [0, 0.05) is 18.9 Å². The van der Waals surface area contributed by atoms with Gasteiger partial charge in [-0.2, -0.15) is 0 Å². The van der Waals surface area contributed by atoms with Crippen molar-refractivity contribution in [2.24, 2.45) is 0 Å². The molecule has 0 radical (unpaired) electrons. The molecule has 1 aliphatic heterocycles. The molecule has 2 heterocycles. The van der Waals surface area contributed by atoms with E-state index in [4.69, 9.17) is 0 Å². The van der Waals surface area contributed by atoms with Gasteiger partial charge in [0.05, 0.1) is 17.0 Å². The first-order valence-corrected chi connectivity index (χ1v) is 9.27. The molecule has 1 fully saturated rings. The Morgan fingerprint density at radius 1 is 1.45 bits per heavy atom. The summed E-state index contributed by atoms with van der Waals surface area (Å²) in [6.45, 7) is 5.75. The first kappa shape index (κ1) is 15.5. The van der Waals surface area contributed by atoms with Crippen LogP contribution in [0.1, 0.15) is 51.4 Å². The van der Waals surface area contributed by atoms with Crippen LogP contribution in [0.15, 0.2) is 12.4 Å². The lowest BCUT2D eigenvalue weighted by atomic mass is 10.1. The van der Waals surface area contributed by atoms with Crippen molar-refractivity contribution in [1.82, 2.24) is 14.9 Å². The van der Waals surface area contributed by atoms with Crippen LogP contribution in [0, 0.1) is 0 Å². The SMILES string of the molecule is CCCn1ccnc1C(NCC)C1CCCCS1(=O)=O. The number of imidazole rings is 1. The highest BCUT2D eigenvalue weighted by atomic mass is 32.2. The monoisotopic (exact) mass is 299 g/mol. The Morgan fingerprint density at radius 2 is 2.25 bits per heavy atom. The number of aryl methyl sites for hydroxylation is 1. The maximum Gasteiger partial charge on any atom is 0.155 e. The number of hydrogen-bond acceptors (Lipinski definition) is 4. The predicted octanol–water partition coefficient (Wildman–Crippen LogP) is 1.91. The van der Waals surface area contributed by atoms with Gasteiger partial charge in [-0.3, -0.25) is 0 Å². The number of nitrogens with one attached hydrogen (secondary N) is 1. The molecule has 20 heavy (non-hydrogen) atoms. The van der Waals surface area contributed by atoms with Gasteiger partial charge < -0.3 is 9.88 Å². The Hall–Kier alpha value is -0.880. The lowest BCUT2D eigenvalue weighted by Crippen LogP contribution is -2.41. The summed E-state index contributed by atoms with van der Waals surface area (Å²) in [6, 6.07) is -0.188. The zero-order chi connectivity index (χ0) is 14.6. The van der Waals surface area contributed by atoms with Crippen molar-refractivity contribution in [2.75, 3.05) is 12.3 Å². The average Bonchev–Trinajstić information content (AvgIpc) is 2.85. The molecule has 1 aromatic heterocycles. The Morgan fingerprint density at radius 3 is 2.90 bits per heavy atom. The first-order valence-electron chi connectivity index (χ1n) is 7.56. The molecule has 0 bridgehead atoms. The number of hydrogen-bond donors (Lipinski definition) is 1. The lowest BCUT2D eigenvalue weighted by molar-refractivity contribution is 0.425. The lowest BCUT2D eigenvalue weighted by Gasteiger charge is -2.30. The Balaban J connectivity index is 2.32.